The standard InChI is InChI=1S/C11H13N3O/c1-2-10-13-11(14-15-10)9-5-3-4-8(6-9)7-12/h3-6H,2,7,12H2,1H3. The SMILES string of the molecule is CCc1nc(-c2cccc(CN)c2)no1. The number of aryl methyl sites for hydroxylation is 1. The molecule has 0 radical (unpaired) electrons. The summed E-state index contributed by atoms with van der Waals surface area (Å²) >= 11 is 0. The number of hydrogen-bond donors (Lipinski definition) is 1. The number of aromatic nitrogens is 2. The molecule has 0 aliphatic heterocycles. The monoisotopic (exact) mass is 203 g/mol. The fourth-order valence-corrected chi connectivity index (χ4v) is 1.35. The molecule has 4 nitrogen and oxygen atoms in total. The van der Waals surface area contributed by atoms with Gasteiger partial charge in [0.25, 0.3) is 0 Å². The van der Waals surface area contributed by atoms with Crippen LogP contribution < -0.4 is 5.73 Å². The first-order chi connectivity index (χ1) is 7.33. The normalized spacial score (nSPS) is 10.5. The lowest BCUT2D eigenvalue weighted by Gasteiger charge is -1.98. The van der Waals surface area contributed by atoms with Gasteiger partial charge in [-0.3, -0.25) is 0 Å². The third kappa shape index (κ3) is 2.05. The van der Waals surface area contributed by atoms with Crippen LogP contribution in [0.1, 0.15) is 18.4 Å². The Hall–Kier alpha value is -1.68. The lowest BCUT2D eigenvalue weighted by atomic mass is 10.1. The zero-order valence-corrected chi connectivity index (χ0v) is 8.60. The average Bonchev–Trinajstić information content (AvgIpc) is 2.78. The molecule has 0 amide bonds. The largest absolute Gasteiger partial charge is 0.339 e. The Morgan fingerprint density at radius 1 is 1.40 bits per heavy atom. The molecule has 0 aliphatic rings. The molecular formula is C11H13N3O. The highest BCUT2D eigenvalue weighted by Crippen LogP contribution is 2.17. The molecule has 78 valence electrons. The first kappa shape index (κ1) is 9.86. The van der Waals surface area contributed by atoms with Gasteiger partial charge in [0.2, 0.25) is 11.7 Å². The van der Waals surface area contributed by atoms with E-state index in [-0.39, 0.29) is 0 Å². The Bertz CT molecular complexity index is 451. The van der Waals surface area contributed by atoms with Crippen molar-refractivity contribution >= 4 is 0 Å². The van der Waals surface area contributed by atoms with Crippen LogP contribution in [0.25, 0.3) is 11.4 Å². The highest BCUT2D eigenvalue weighted by Gasteiger charge is 2.06. The van der Waals surface area contributed by atoms with E-state index >= 15 is 0 Å². The van der Waals surface area contributed by atoms with Crippen molar-refractivity contribution < 1.29 is 4.52 Å². The van der Waals surface area contributed by atoms with E-state index in [1.54, 1.807) is 0 Å². The maximum Gasteiger partial charge on any atom is 0.226 e. The first-order valence-corrected chi connectivity index (χ1v) is 4.95. The van der Waals surface area contributed by atoms with E-state index in [0.29, 0.717) is 18.3 Å². The van der Waals surface area contributed by atoms with E-state index in [4.69, 9.17) is 10.3 Å². The summed E-state index contributed by atoms with van der Waals surface area (Å²) in [5.41, 5.74) is 7.57. The zero-order valence-electron chi connectivity index (χ0n) is 8.60. The van der Waals surface area contributed by atoms with Crippen molar-refractivity contribution in [3.8, 4) is 11.4 Å². The molecule has 2 aromatic rings. The third-order valence-corrected chi connectivity index (χ3v) is 2.19. The number of nitrogens with zero attached hydrogens (tertiary/aromatic N) is 2. The van der Waals surface area contributed by atoms with E-state index in [1.165, 1.54) is 0 Å². The molecule has 2 rings (SSSR count). The summed E-state index contributed by atoms with van der Waals surface area (Å²) in [4.78, 5) is 4.26. The van der Waals surface area contributed by atoms with Crippen molar-refractivity contribution in [2.75, 3.05) is 0 Å². The highest BCUT2D eigenvalue weighted by molar-refractivity contribution is 5.55. The van der Waals surface area contributed by atoms with E-state index in [0.717, 1.165) is 17.5 Å². The summed E-state index contributed by atoms with van der Waals surface area (Å²) in [6.07, 6.45) is 0.754. The molecule has 1 heterocycles. The van der Waals surface area contributed by atoms with Gasteiger partial charge in [-0.05, 0) is 11.6 Å². The lowest BCUT2D eigenvalue weighted by molar-refractivity contribution is 0.383. The summed E-state index contributed by atoms with van der Waals surface area (Å²) in [6.45, 7) is 2.50. The first-order valence-electron chi connectivity index (χ1n) is 4.95. The van der Waals surface area contributed by atoms with E-state index in [1.807, 2.05) is 31.2 Å². The second kappa shape index (κ2) is 4.23. The maximum absolute atomic E-state index is 5.56. The van der Waals surface area contributed by atoms with Crippen LogP contribution in [-0.4, -0.2) is 10.1 Å². The van der Waals surface area contributed by atoms with Gasteiger partial charge in [0, 0.05) is 18.5 Å². The number of benzene rings is 1. The molecule has 2 N–H and O–H groups in total. The molecule has 0 atom stereocenters. The Balaban J connectivity index is 2.35. The van der Waals surface area contributed by atoms with Crippen LogP contribution in [0, 0.1) is 0 Å². The van der Waals surface area contributed by atoms with Gasteiger partial charge in [-0.25, -0.2) is 0 Å². The summed E-state index contributed by atoms with van der Waals surface area (Å²) in [5, 5.41) is 3.91. The van der Waals surface area contributed by atoms with Gasteiger partial charge in [0.1, 0.15) is 0 Å². The minimum atomic E-state index is 0.520. The van der Waals surface area contributed by atoms with Gasteiger partial charge in [0.05, 0.1) is 0 Å². The Labute approximate surface area is 88.1 Å². The smallest absolute Gasteiger partial charge is 0.226 e. The Morgan fingerprint density at radius 2 is 2.27 bits per heavy atom. The van der Waals surface area contributed by atoms with Crippen LogP contribution in [0.3, 0.4) is 0 Å². The number of hydrogen-bond acceptors (Lipinski definition) is 4. The molecule has 1 aromatic carbocycles. The van der Waals surface area contributed by atoms with Crippen molar-refractivity contribution in [3.63, 3.8) is 0 Å². The summed E-state index contributed by atoms with van der Waals surface area (Å²) in [6, 6.07) is 7.84. The predicted octanol–water partition coefficient (Wildman–Crippen LogP) is 1.76. The Kier molecular flexibility index (Phi) is 2.78. The van der Waals surface area contributed by atoms with Gasteiger partial charge < -0.3 is 10.3 Å². The number of nitrogens with two attached hydrogens (primary N) is 1. The van der Waals surface area contributed by atoms with E-state index in [2.05, 4.69) is 10.1 Å². The number of rotatable bonds is 3. The van der Waals surface area contributed by atoms with Crippen LogP contribution in [0.5, 0.6) is 0 Å². The molecule has 0 saturated carbocycles. The molecule has 0 fully saturated rings. The minimum Gasteiger partial charge on any atom is -0.339 e. The van der Waals surface area contributed by atoms with Gasteiger partial charge >= 0.3 is 0 Å². The van der Waals surface area contributed by atoms with E-state index < -0.39 is 0 Å². The molecule has 0 unspecified atom stereocenters. The van der Waals surface area contributed by atoms with Crippen LogP contribution in [0.2, 0.25) is 0 Å². The molecule has 15 heavy (non-hydrogen) atoms. The van der Waals surface area contributed by atoms with Gasteiger partial charge in [0.15, 0.2) is 0 Å². The second-order valence-corrected chi connectivity index (χ2v) is 3.27. The van der Waals surface area contributed by atoms with Crippen molar-refractivity contribution in [2.24, 2.45) is 5.73 Å². The highest BCUT2D eigenvalue weighted by atomic mass is 16.5. The predicted molar refractivity (Wildman–Crippen MR) is 57.0 cm³/mol. The quantitative estimate of drug-likeness (QED) is 0.825. The van der Waals surface area contributed by atoms with Gasteiger partial charge in [-0.1, -0.05) is 30.3 Å². The molecule has 0 aliphatic carbocycles. The lowest BCUT2D eigenvalue weighted by Crippen LogP contribution is -1.96. The van der Waals surface area contributed by atoms with Crippen molar-refractivity contribution in [2.45, 2.75) is 19.9 Å². The molecular weight excluding hydrogens is 190 g/mol. The second-order valence-electron chi connectivity index (χ2n) is 3.27. The van der Waals surface area contributed by atoms with Gasteiger partial charge in [-0.2, -0.15) is 4.98 Å². The van der Waals surface area contributed by atoms with Crippen molar-refractivity contribution in [3.05, 3.63) is 35.7 Å². The van der Waals surface area contributed by atoms with Crippen LogP contribution in [-0.2, 0) is 13.0 Å². The molecule has 0 spiro atoms. The summed E-state index contributed by atoms with van der Waals surface area (Å²) in [7, 11) is 0. The van der Waals surface area contributed by atoms with Crippen LogP contribution in [0.15, 0.2) is 28.8 Å². The van der Waals surface area contributed by atoms with Gasteiger partial charge in [-0.15, -0.1) is 0 Å². The van der Waals surface area contributed by atoms with Crippen molar-refractivity contribution in [1.29, 1.82) is 0 Å². The molecule has 0 bridgehead atoms. The fraction of sp³-hybridized carbons (Fsp3) is 0.273. The molecule has 1 aromatic heterocycles. The van der Waals surface area contributed by atoms with Crippen molar-refractivity contribution in [1.82, 2.24) is 10.1 Å². The molecule has 4 heteroatoms. The molecule has 0 saturated heterocycles. The minimum absolute atomic E-state index is 0.520. The van der Waals surface area contributed by atoms with Crippen LogP contribution >= 0.6 is 0 Å². The topological polar surface area (TPSA) is 64.9 Å². The average molecular weight is 203 g/mol. The van der Waals surface area contributed by atoms with E-state index in [9.17, 15) is 0 Å². The fourth-order valence-electron chi connectivity index (χ4n) is 1.35. The summed E-state index contributed by atoms with van der Waals surface area (Å²) in [5.74, 6) is 1.28. The Morgan fingerprint density at radius 3 is 2.93 bits per heavy atom. The third-order valence-electron chi connectivity index (χ3n) is 2.19. The maximum atomic E-state index is 5.56. The van der Waals surface area contributed by atoms with Crippen LogP contribution in [0.4, 0.5) is 0 Å². The zero-order chi connectivity index (χ0) is 10.7. The summed E-state index contributed by atoms with van der Waals surface area (Å²) < 4.78 is 5.05.